The van der Waals surface area contributed by atoms with E-state index in [1.54, 1.807) is 5.57 Å². The summed E-state index contributed by atoms with van der Waals surface area (Å²) in [6.45, 7) is 19.2. The van der Waals surface area contributed by atoms with Gasteiger partial charge in [-0.15, -0.1) is 0 Å². The number of allylic oxidation sites excluding steroid dienone is 2. The van der Waals surface area contributed by atoms with E-state index in [-0.39, 0.29) is 0 Å². The van der Waals surface area contributed by atoms with E-state index in [1.807, 2.05) is 0 Å². The number of unbranched alkanes of at least 4 members (excludes halogenated alkanes) is 2. The first-order valence-electron chi connectivity index (χ1n) is 11.0. The molecule has 0 amide bonds. The van der Waals surface area contributed by atoms with Gasteiger partial charge >= 0.3 is 0 Å². The van der Waals surface area contributed by atoms with Crippen LogP contribution in [0.5, 0.6) is 0 Å². The maximum atomic E-state index is 2.67. The van der Waals surface area contributed by atoms with Gasteiger partial charge in [-0.2, -0.15) is 0 Å². The maximum Gasteiger partial charge on any atom is -0.0118 e. The van der Waals surface area contributed by atoms with Gasteiger partial charge in [0.2, 0.25) is 0 Å². The summed E-state index contributed by atoms with van der Waals surface area (Å²) >= 11 is 0. The molecule has 0 aliphatic heterocycles. The van der Waals surface area contributed by atoms with Crippen LogP contribution in [0.2, 0.25) is 0 Å². The topological polar surface area (TPSA) is 0 Å². The van der Waals surface area contributed by atoms with Crippen molar-refractivity contribution >= 4 is 0 Å². The van der Waals surface area contributed by atoms with Gasteiger partial charge in [0.05, 0.1) is 0 Å². The van der Waals surface area contributed by atoms with Gasteiger partial charge in [-0.25, -0.2) is 0 Å². The molecule has 0 fully saturated rings. The third-order valence-corrected chi connectivity index (χ3v) is 6.42. The first-order valence-corrected chi connectivity index (χ1v) is 11.0. The SMILES string of the molecule is CCCCC(C)C(C)(C=C(C)CC(C)CC)CCCCC(C)CC. The van der Waals surface area contributed by atoms with Gasteiger partial charge < -0.3 is 0 Å². The minimum absolute atomic E-state index is 0.391. The largest absolute Gasteiger partial charge is 0.0794 e. The molecular formula is C24H48. The molecule has 0 saturated heterocycles. The van der Waals surface area contributed by atoms with Crippen molar-refractivity contribution in [1.82, 2.24) is 0 Å². The molecule has 4 unspecified atom stereocenters. The van der Waals surface area contributed by atoms with Crippen molar-refractivity contribution in [2.24, 2.45) is 23.2 Å². The Labute approximate surface area is 154 Å². The third kappa shape index (κ3) is 9.90. The summed E-state index contributed by atoms with van der Waals surface area (Å²) in [7, 11) is 0. The smallest absolute Gasteiger partial charge is 0.0118 e. The van der Waals surface area contributed by atoms with E-state index in [2.05, 4.69) is 61.5 Å². The quantitative estimate of drug-likeness (QED) is 0.219. The molecule has 24 heavy (non-hydrogen) atoms. The van der Waals surface area contributed by atoms with Crippen molar-refractivity contribution in [1.29, 1.82) is 0 Å². The van der Waals surface area contributed by atoms with E-state index in [0.717, 1.165) is 17.8 Å². The van der Waals surface area contributed by atoms with Gasteiger partial charge in [-0.05, 0) is 49.4 Å². The molecule has 0 bridgehead atoms. The van der Waals surface area contributed by atoms with Crippen LogP contribution in [0.25, 0.3) is 0 Å². The van der Waals surface area contributed by atoms with E-state index < -0.39 is 0 Å². The lowest BCUT2D eigenvalue weighted by Gasteiger charge is -2.35. The van der Waals surface area contributed by atoms with Crippen molar-refractivity contribution in [2.75, 3.05) is 0 Å². The fourth-order valence-electron chi connectivity index (χ4n) is 3.82. The molecule has 0 spiro atoms. The van der Waals surface area contributed by atoms with Crippen LogP contribution in [0.1, 0.15) is 120 Å². The highest BCUT2D eigenvalue weighted by Crippen LogP contribution is 2.39. The predicted molar refractivity (Wildman–Crippen MR) is 113 cm³/mol. The van der Waals surface area contributed by atoms with Gasteiger partial charge in [0, 0.05) is 0 Å². The van der Waals surface area contributed by atoms with Crippen molar-refractivity contribution in [3.63, 3.8) is 0 Å². The van der Waals surface area contributed by atoms with E-state index in [0.29, 0.717) is 5.41 Å². The standard InChI is InChI=1S/C24H48/c1-9-12-16-23(7)24(8,17-14-13-15-20(4)10-2)19-22(6)18-21(5)11-3/h19-21,23H,9-18H2,1-8H3. The first-order chi connectivity index (χ1) is 11.3. The van der Waals surface area contributed by atoms with Crippen LogP contribution in [-0.2, 0) is 0 Å². The molecule has 0 aromatic heterocycles. The minimum atomic E-state index is 0.391. The predicted octanol–water partition coefficient (Wildman–Crippen LogP) is 8.81. The second-order valence-electron chi connectivity index (χ2n) is 9.02. The number of hydrogen-bond acceptors (Lipinski definition) is 0. The van der Waals surface area contributed by atoms with Gasteiger partial charge in [0.25, 0.3) is 0 Å². The molecule has 144 valence electrons. The van der Waals surface area contributed by atoms with E-state index in [1.165, 1.54) is 64.2 Å². The van der Waals surface area contributed by atoms with Crippen LogP contribution in [0.4, 0.5) is 0 Å². The second kappa shape index (κ2) is 13.0. The van der Waals surface area contributed by atoms with Crippen LogP contribution >= 0.6 is 0 Å². The fraction of sp³-hybridized carbons (Fsp3) is 0.917. The van der Waals surface area contributed by atoms with Crippen LogP contribution in [-0.4, -0.2) is 0 Å². The fourth-order valence-corrected chi connectivity index (χ4v) is 3.82. The third-order valence-electron chi connectivity index (χ3n) is 6.42. The summed E-state index contributed by atoms with van der Waals surface area (Å²) in [4.78, 5) is 0. The van der Waals surface area contributed by atoms with E-state index in [4.69, 9.17) is 0 Å². The van der Waals surface area contributed by atoms with Crippen LogP contribution in [0.3, 0.4) is 0 Å². The Morgan fingerprint density at radius 2 is 1.50 bits per heavy atom. The van der Waals surface area contributed by atoms with E-state index >= 15 is 0 Å². The zero-order chi connectivity index (χ0) is 18.6. The van der Waals surface area contributed by atoms with Crippen LogP contribution in [0.15, 0.2) is 11.6 Å². The summed E-state index contributed by atoms with van der Waals surface area (Å²) in [5, 5.41) is 0. The number of rotatable bonds is 14. The average Bonchev–Trinajstić information content (AvgIpc) is 2.55. The first kappa shape index (κ1) is 23.7. The molecule has 0 nitrogen and oxygen atoms in total. The van der Waals surface area contributed by atoms with Crippen molar-refractivity contribution < 1.29 is 0 Å². The highest BCUT2D eigenvalue weighted by Gasteiger charge is 2.28. The van der Waals surface area contributed by atoms with Crippen molar-refractivity contribution in [2.45, 2.75) is 120 Å². The monoisotopic (exact) mass is 336 g/mol. The lowest BCUT2D eigenvalue weighted by molar-refractivity contribution is 0.225. The molecule has 0 rings (SSSR count). The Kier molecular flexibility index (Phi) is 12.9. The Bertz CT molecular complexity index is 327. The summed E-state index contributed by atoms with van der Waals surface area (Å²) in [5.74, 6) is 2.52. The summed E-state index contributed by atoms with van der Waals surface area (Å²) in [6.07, 6.45) is 16.2. The molecule has 0 aromatic carbocycles. The Hall–Kier alpha value is -0.260. The average molecular weight is 337 g/mol. The molecule has 0 aliphatic carbocycles. The normalized spacial score (nSPS) is 18.9. The second-order valence-corrected chi connectivity index (χ2v) is 9.02. The lowest BCUT2D eigenvalue weighted by atomic mass is 9.70. The highest BCUT2D eigenvalue weighted by atomic mass is 14.3. The Morgan fingerprint density at radius 3 is 2.04 bits per heavy atom. The molecule has 4 atom stereocenters. The minimum Gasteiger partial charge on any atom is -0.0794 e. The van der Waals surface area contributed by atoms with Gasteiger partial charge in [-0.1, -0.05) is 105 Å². The van der Waals surface area contributed by atoms with Crippen molar-refractivity contribution in [3.8, 4) is 0 Å². The Morgan fingerprint density at radius 1 is 0.875 bits per heavy atom. The van der Waals surface area contributed by atoms with Crippen LogP contribution in [0, 0.1) is 23.2 Å². The van der Waals surface area contributed by atoms with Gasteiger partial charge in [-0.3, -0.25) is 0 Å². The summed E-state index contributed by atoms with van der Waals surface area (Å²) < 4.78 is 0. The molecular weight excluding hydrogens is 288 g/mol. The van der Waals surface area contributed by atoms with Crippen LogP contribution < -0.4 is 0 Å². The van der Waals surface area contributed by atoms with Gasteiger partial charge in [0.15, 0.2) is 0 Å². The lowest BCUT2D eigenvalue weighted by Crippen LogP contribution is -2.24. The Balaban J connectivity index is 4.84. The molecule has 0 heteroatoms. The molecule has 0 radical (unpaired) electrons. The van der Waals surface area contributed by atoms with E-state index in [9.17, 15) is 0 Å². The molecule has 0 aliphatic rings. The number of hydrogen-bond donors (Lipinski definition) is 0. The molecule has 0 heterocycles. The van der Waals surface area contributed by atoms with Crippen molar-refractivity contribution in [3.05, 3.63) is 11.6 Å². The zero-order valence-corrected chi connectivity index (χ0v) is 18.4. The molecule has 0 N–H and O–H groups in total. The molecule has 0 saturated carbocycles. The molecule has 0 aromatic rings. The summed E-state index contributed by atoms with van der Waals surface area (Å²) in [6, 6.07) is 0. The maximum absolute atomic E-state index is 2.67. The highest BCUT2D eigenvalue weighted by molar-refractivity contribution is 5.08. The van der Waals surface area contributed by atoms with Gasteiger partial charge in [0.1, 0.15) is 0 Å². The summed E-state index contributed by atoms with van der Waals surface area (Å²) in [5.41, 5.74) is 2.01. The zero-order valence-electron chi connectivity index (χ0n) is 18.4.